The normalized spacial score (nSPS) is 24.8. The van der Waals surface area contributed by atoms with Gasteiger partial charge in [0.15, 0.2) is 0 Å². The molecule has 0 spiro atoms. The minimum Gasteiger partial charge on any atom is -0.443 e. The lowest BCUT2D eigenvalue weighted by Gasteiger charge is -2.36. The van der Waals surface area contributed by atoms with Crippen LogP contribution < -0.4 is 0 Å². The third-order valence-electron chi connectivity index (χ3n) is 4.43. The average Bonchev–Trinajstić information content (AvgIpc) is 2.53. The highest BCUT2D eigenvalue weighted by Gasteiger charge is 2.33. The van der Waals surface area contributed by atoms with Crippen molar-refractivity contribution in [2.24, 2.45) is 33.2 Å². The predicted octanol–water partition coefficient (Wildman–Crippen LogP) is 5.77. The lowest BCUT2D eigenvalue weighted by molar-refractivity contribution is 0.0100. The van der Waals surface area contributed by atoms with Gasteiger partial charge in [-0.25, -0.2) is 4.79 Å². The zero-order chi connectivity index (χ0) is 16.8. The third kappa shape index (κ3) is 4.68. The summed E-state index contributed by atoms with van der Waals surface area (Å²) in [4.78, 5) is 22.6. The van der Waals surface area contributed by atoms with Gasteiger partial charge in [0.05, 0.1) is 0 Å². The first-order valence-corrected chi connectivity index (χ1v) is 8.06. The first-order chi connectivity index (χ1) is 11.0. The standard InChI is InChI=1S/C17H23N3O3/c1-11(2)13-9-8-12(3)10-16(13)23-17(21)19-18-14-6-4-5-7-15(14)20-22/h4-7,11-13,16H,8-10H2,1-3H3. The first-order valence-electron chi connectivity index (χ1n) is 8.06. The summed E-state index contributed by atoms with van der Waals surface area (Å²) in [5, 5.41) is 10.2. The second-order valence-electron chi connectivity index (χ2n) is 6.53. The zero-order valence-electron chi connectivity index (χ0n) is 13.8. The number of nitroso groups, excluding NO2 is 1. The van der Waals surface area contributed by atoms with E-state index in [1.807, 2.05) is 0 Å². The maximum absolute atomic E-state index is 12.0. The maximum atomic E-state index is 12.0. The molecule has 1 aromatic rings. The number of hydrogen-bond acceptors (Lipinski definition) is 5. The van der Waals surface area contributed by atoms with Crippen LogP contribution in [0.1, 0.15) is 40.0 Å². The summed E-state index contributed by atoms with van der Waals surface area (Å²) >= 11 is 0. The van der Waals surface area contributed by atoms with Crippen LogP contribution in [0.25, 0.3) is 0 Å². The Kier molecular flexibility index (Phi) is 5.96. The van der Waals surface area contributed by atoms with Gasteiger partial charge in [-0.3, -0.25) is 0 Å². The van der Waals surface area contributed by atoms with Crippen molar-refractivity contribution in [2.75, 3.05) is 0 Å². The Bertz CT molecular complexity index is 586. The number of azo groups is 1. The van der Waals surface area contributed by atoms with E-state index in [0.29, 0.717) is 17.8 Å². The highest BCUT2D eigenvalue weighted by Crippen LogP contribution is 2.35. The van der Waals surface area contributed by atoms with Gasteiger partial charge in [0.2, 0.25) is 0 Å². The molecule has 1 aliphatic carbocycles. The molecule has 6 heteroatoms. The molecule has 2 rings (SSSR count). The van der Waals surface area contributed by atoms with Crippen LogP contribution in [-0.2, 0) is 4.74 Å². The van der Waals surface area contributed by atoms with Gasteiger partial charge in [-0.1, -0.05) is 44.4 Å². The van der Waals surface area contributed by atoms with E-state index in [-0.39, 0.29) is 17.5 Å². The molecule has 0 bridgehead atoms. The fraction of sp³-hybridized carbons (Fsp3) is 0.588. The van der Waals surface area contributed by atoms with Gasteiger partial charge in [0, 0.05) is 0 Å². The smallest absolute Gasteiger partial charge is 0.443 e. The highest BCUT2D eigenvalue weighted by molar-refractivity contribution is 5.69. The average molecular weight is 317 g/mol. The molecule has 1 amide bonds. The van der Waals surface area contributed by atoms with Gasteiger partial charge in [-0.2, -0.15) is 0 Å². The van der Waals surface area contributed by atoms with E-state index in [4.69, 9.17) is 4.74 Å². The van der Waals surface area contributed by atoms with Gasteiger partial charge >= 0.3 is 6.09 Å². The summed E-state index contributed by atoms with van der Waals surface area (Å²) in [5.41, 5.74) is 0.410. The second kappa shape index (κ2) is 7.94. The molecule has 1 saturated carbocycles. The Balaban J connectivity index is 2.02. The number of nitrogens with zero attached hydrogens (tertiary/aromatic N) is 3. The van der Waals surface area contributed by atoms with Crippen LogP contribution in [-0.4, -0.2) is 12.2 Å². The van der Waals surface area contributed by atoms with Gasteiger partial charge < -0.3 is 4.74 Å². The lowest BCUT2D eigenvalue weighted by atomic mass is 9.75. The topological polar surface area (TPSA) is 80.4 Å². The Labute approximate surface area is 136 Å². The SMILES string of the molecule is CC1CCC(C(C)C)C(OC(=O)N=Nc2ccccc2N=O)C1. The molecule has 0 saturated heterocycles. The lowest BCUT2D eigenvalue weighted by Crippen LogP contribution is -2.35. The van der Waals surface area contributed by atoms with Gasteiger partial charge in [-0.15, -0.1) is 10.0 Å². The van der Waals surface area contributed by atoms with E-state index >= 15 is 0 Å². The van der Waals surface area contributed by atoms with E-state index in [0.717, 1.165) is 19.3 Å². The molecule has 23 heavy (non-hydrogen) atoms. The molecule has 0 radical (unpaired) electrons. The fourth-order valence-electron chi connectivity index (χ4n) is 3.12. The van der Waals surface area contributed by atoms with Crippen molar-refractivity contribution in [3.8, 4) is 0 Å². The predicted molar refractivity (Wildman–Crippen MR) is 88.0 cm³/mol. The van der Waals surface area contributed by atoms with Crippen molar-refractivity contribution in [1.29, 1.82) is 0 Å². The molecule has 0 aliphatic heterocycles. The van der Waals surface area contributed by atoms with E-state index in [9.17, 15) is 9.70 Å². The molecular weight excluding hydrogens is 294 g/mol. The zero-order valence-corrected chi connectivity index (χ0v) is 13.8. The maximum Gasteiger partial charge on any atom is 0.452 e. The number of benzene rings is 1. The van der Waals surface area contributed by atoms with E-state index in [2.05, 4.69) is 36.2 Å². The Morgan fingerprint density at radius 3 is 2.57 bits per heavy atom. The van der Waals surface area contributed by atoms with Gasteiger partial charge in [0.1, 0.15) is 17.5 Å². The first kappa shape index (κ1) is 17.2. The molecule has 0 aromatic heterocycles. The van der Waals surface area contributed by atoms with Crippen LogP contribution >= 0.6 is 0 Å². The number of rotatable bonds is 4. The fourth-order valence-corrected chi connectivity index (χ4v) is 3.12. The van der Waals surface area contributed by atoms with Crippen molar-refractivity contribution in [2.45, 2.75) is 46.1 Å². The van der Waals surface area contributed by atoms with Crippen molar-refractivity contribution >= 4 is 17.5 Å². The molecular formula is C17H23N3O3. The second-order valence-corrected chi connectivity index (χ2v) is 6.53. The molecule has 124 valence electrons. The molecule has 1 aliphatic rings. The summed E-state index contributed by atoms with van der Waals surface area (Å²) in [6.45, 7) is 6.47. The number of carbonyl (C=O) groups excluding carboxylic acids is 1. The highest BCUT2D eigenvalue weighted by atomic mass is 16.6. The number of carbonyl (C=O) groups is 1. The third-order valence-corrected chi connectivity index (χ3v) is 4.43. The molecule has 3 atom stereocenters. The number of ether oxygens (including phenoxy) is 1. The van der Waals surface area contributed by atoms with Crippen molar-refractivity contribution in [3.63, 3.8) is 0 Å². The van der Waals surface area contributed by atoms with Gasteiger partial charge in [-0.05, 0) is 47.9 Å². The summed E-state index contributed by atoms with van der Waals surface area (Å²) in [7, 11) is 0. The van der Waals surface area contributed by atoms with Crippen LogP contribution in [0.4, 0.5) is 16.2 Å². The molecule has 1 fully saturated rings. The molecule has 3 unspecified atom stereocenters. The van der Waals surface area contributed by atoms with Crippen LogP contribution in [0.2, 0.25) is 0 Å². The van der Waals surface area contributed by atoms with Crippen LogP contribution in [0.5, 0.6) is 0 Å². The van der Waals surface area contributed by atoms with Crippen LogP contribution in [0.15, 0.2) is 39.7 Å². The largest absolute Gasteiger partial charge is 0.452 e. The Hall–Kier alpha value is -2.11. The van der Waals surface area contributed by atoms with Crippen LogP contribution in [0, 0.1) is 22.7 Å². The van der Waals surface area contributed by atoms with E-state index in [1.54, 1.807) is 18.2 Å². The summed E-state index contributed by atoms with van der Waals surface area (Å²) in [6.07, 6.45) is 2.25. The summed E-state index contributed by atoms with van der Waals surface area (Å²) < 4.78 is 5.52. The molecule has 6 nitrogen and oxygen atoms in total. The van der Waals surface area contributed by atoms with E-state index in [1.165, 1.54) is 6.07 Å². The van der Waals surface area contributed by atoms with Crippen molar-refractivity contribution in [1.82, 2.24) is 0 Å². The monoisotopic (exact) mass is 317 g/mol. The summed E-state index contributed by atoms with van der Waals surface area (Å²) in [5.74, 6) is 1.35. The summed E-state index contributed by atoms with van der Waals surface area (Å²) in [6, 6.07) is 6.47. The van der Waals surface area contributed by atoms with Crippen molar-refractivity contribution < 1.29 is 9.53 Å². The quantitative estimate of drug-likeness (QED) is 0.522. The van der Waals surface area contributed by atoms with Gasteiger partial charge in [0.25, 0.3) is 0 Å². The Morgan fingerprint density at radius 1 is 1.22 bits per heavy atom. The number of hydrogen-bond donors (Lipinski definition) is 0. The molecule has 1 aromatic carbocycles. The minimum atomic E-state index is -0.713. The molecule has 0 heterocycles. The van der Waals surface area contributed by atoms with Crippen molar-refractivity contribution in [3.05, 3.63) is 29.2 Å². The number of amides is 1. The van der Waals surface area contributed by atoms with E-state index < -0.39 is 6.09 Å². The molecule has 0 N–H and O–H groups in total. The Morgan fingerprint density at radius 2 is 1.91 bits per heavy atom. The van der Waals surface area contributed by atoms with Crippen LogP contribution in [0.3, 0.4) is 0 Å². The minimum absolute atomic E-state index is 0.121.